The van der Waals surface area contributed by atoms with Crippen molar-refractivity contribution in [2.75, 3.05) is 56.2 Å². The number of carbonyl (C=O) groups is 1. The summed E-state index contributed by atoms with van der Waals surface area (Å²) in [4.78, 5) is 19.3. The third-order valence-corrected chi connectivity index (χ3v) is 7.68. The molecule has 0 spiro atoms. The molecule has 0 aliphatic carbocycles. The van der Waals surface area contributed by atoms with Crippen LogP contribution < -0.4 is 9.64 Å². The predicted octanol–water partition coefficient (Wildman–Crippen LogP) is 1.24. The molecule has 8 heteroatoms. The lowest BCUT2D eigenvalue weighted by Crippen LogP contribution is -2.56. The average Bonchev–Trinajstić information content (AvgIpc) is 3.07. The van der Waals surface area contributed by atoms with Crippen LogP contribution in [0.15, 0.2) is 24.3 Å². The van der Waals surface area contributed by atoms with Crippen molar-refractivity contribution in [1.82, 2.24) is 9.80 Å². The molecule has 0 bridgehead atoms. The molecule has 7 nitrogen and oxygen atoms in total. The summed E-state index contributed by atoms with van der Waals surface area (Å²) >= 11 is 0. The van der Waals surface area contributed by atoms with Crippen LogP contribution in [0.3, 0.4) is 0 Å². The molecule has 1 aromatic carbocycles. The Hall–Kier alpha value is -1.80. The van der Waals surface area contributed by atoms with Crippen molar-refractivity contribution in [2.24, 2.45) is 0 Å². The highest BCUT2D eigenvalue weighted by Gasteiger charge is 2.37. The summed E-state index contributed by atoms with van der Waals surface area (Å²) in [5.74, 6) is 1.18. The van der Waals surface area contributed by atoms with E-state index in [9.17, 15) is 13.2 Å². The Morgan fingerprint density at radius 1 is 1.21 bits per heavy atom. The third-order valence-electron chi connectivity index (χ3n) is 5.93. The number of carbonyl (C=O) groups excluding carboxylic acids is 1. The Bertz CT molecular complexity index is 773. The standard InChI is InChI=1S/C20H31N3O4S/c1-4-23(18-9-14-28(25,26)15-18)20(24)16(2)21-10-12-22(13-11-21)17-5-7-19(27-3)8-6-17/h5-8,16,18H,4,9-15H2,1-3H3/t16-,18+/m1/s1. The number of rotatable bonds is 6. The molecule has 156 valence electrons. The zero-order valence-electron chi connectivity index (χ0n) is 17.0. The molecule has 0 radical (unpaired) electrons. The maximum absolute atomic E-state index is 13.1. The van der Waals surface area contributed by atoms with E-state index in [1.54, 1.807) is 12.0 Å². The number of likely N-dealkylation sites (N-methyl/N-ethyl adjacent to an activating group) is 1. The number of methoxy groups -OCH3 is 1. The summed E-state index contributed by atoms with van der Waals surface area (Å²) in [6.45, 7) is 7.74. The van der Waals surface area contributed by atoms with Crippen LogP contribution in [0.2, 0.25) is 0 Å². The van der Waals surface area contributed by atoms with Gasteiger partial charge in [0.25, 0.3) is 0 Å². The fraction of sp³-hybridized carbons (Fsp3) is 0.650. The van der Waals surface area contributed by atoms with Gasteiger partial charge in [0.1, 0.15) is 5.75 Å². The average molecular weight is 410 g/mol. The van der Waals surface area contributed by atoms with E-state index in [0.717, 1.165) is 37.6 Å². The van der Waals surface area contributed by atoms with Crippen LogP contribution in [0, 0.1) is 0 Å². The Kier molecular flexibility index (Phi) is 6.50. The number of amides is 1. The van der Waals surface area contributed by atoms with E-state index >= 15 is 0 Å². The molecule has 0 N–H and O–H groups in total. The molecule has 28 heavy (non-hydrogen) atoms. The van der Waals surface area contributed by atoms with Crippen molar-refractivity contribution in [1.29, 1.82) is 0 Å². The number of nitrogens with zero attached hydrogens (tertiary/aromatic N) is 3. The number of hydrogen-bond donors (Lipinski definition) is 0. The minimum Gasteiger partial charge on any atom is -0.497 e. The van der Waals surface area contributed by atoms with Crippen molar-refractivity contribution in [3.05, 3.63) is 24.3 Å². The highest BCUT2D eigenvalue weighted by atomic mass is 32.2. The fourth-order valence-corrected chi connectivity index (χ4v) is 5.90. The van der Waals surface area contributed by atoms with E-state index < -0.39 is 9.84 Å². The monoisotopic (exact) mass is 409 g/mol. The molecule has 2 aliphatic rings. The number of anilines is 1. The van der Waals surface area contributed by atoms with E-state index in [1.807, 2.05) is 26.0 Å². The molecule has 2 fully saturated rings. The summed E-state index contributed by atoms with van der Waals surface area (Å²) in [5, 5.41) is 0. The quantitative estimate of drug-likeness (QED) is 0.704. The molecule has 0 aromatic heterocycles. The smallest absolute Gasteiger partial charge is 0.239 e. The molecule has 2 atom stereocenters. The van der Waals surface area contributed by atoms with Crippen molar-refractivity contribution >= 4 is 21.4 Å². The SMILES string of the molecule is CCN(C(=O)[C@@H](C)N1CCN(c2ccc(OC)cc2)CC1)[C@H]1CCS(=O)(=O)C1. The molecule has 2 saturated heterocycles. The second-order valence-corrected chi connectivity index (χ2v) is 9.81. The van der Waals surface area contributed by atoms with Gasteiger partial charge in [0.2, 0.25) is 5.91 Å². The Labute approximate surface area is 168 Å². The van der Waals surface area contributed by atoms with Crippen LogP contribution in [-0.2, 0) is 14.6 Å². The lowest BCUT2D eigenvalue weighted by Gasteiger charge is -2.40. The maximum Gasteiger partial charge on any atom is 0.239 e. The minimum atomic E-state index is -3.00. The van der Waals surface area contributed by atoms with Crippen LogP contribution in [0.25, 0.3) is 0 Å². The van der Waals surface area contributed by atoms with E-state index in [-0.39, 0.29) is 29.5 Å². The van der Waals surface area contributed by atoms with Gasteiger partial charge in [-0.3, -0.25) is 9.69 Å². The van der Waals surface area contributed by atoms with E-state index in [1.165, 1.54) is 0 Å². The second-order valence-electron chi connectivity index (χ2n) is 7.58. The Balaban J connectivity index is 1.57. The first-order chi connectivity index (χ1) is 13.3. The molecule has 0 saturated carbocycles. The lowest BCUT2D eigenvalue weighted by molar-refractivity contribution is -0.138. The van der Waals surface area contributed by atoms with Crippen LogP contribution in [0.1, 0.15) is 20.3 Å². The topological polar surface area (TPSA) is 70.2 Å². The highest BCUT2D eigenvalue weighted by Crippen LogP contribution is 2.23. The van der Waals surface area contributed by atoms with Crippen LogP contribution >= 0.6 is 0 Å². The number of benzene rings is 1. The largest absolute Gasteiger partial charge is 0.497 e. The van der Waals surface area contributed by atoms with Gasteiger partial charge in [-0.05, 0) is 44.5 Å². The van der Waals surface area contributed by atoms with Gasteiger partial charge < -0.3 is 14.5 Å². The first kappa shape index (κ1) is 20.9. The zero-order valence-corrected chi connectivity index (χ0v) is 17.8. The number of ether oxygens (including phenoxy) is 1. The molecule has 0 unspecified atom stereocenters. The maximum atomic E-state index is 13.1. The normalized spacial score (nSPS) is 23.4. The second kappa shape index (κ2) is 8.69. The molecule has 2 aliphatic heterocycles. The fourth-order valence-electron chi connectivity index (χ4n) is 4.17. The van der Waals surface area contributed by atoms with E-state index in [2.05, 4.69) is 21.9 Å². The summed E-state index contributed by atoms with van der Waals surface area (Å²) in [6, 6.07) is 7.63. The predicted molar refractivity (Wildman–Crippen MR) is 111 cm³/mol. The Morgan fingerprint density at radius 2 is 1.86 bits per heavy atom. The van der Waals surface area contributed by atoms with Crippen molar-refractivity contribution < 1.29 is 17.9 Å². The molecular weight excluding hydrogens is 378 g/mol. The third kappa shape index (κ3) is 4.60. The number of sulfone groups is 1. The van der Waals surface area contributed by atoms with Crippen molar-refractivity contribution in [3.8, 4) is 5.75 Å². The Morgan fingerprint density at radius 3 is 2.36 bits per heavy atom. The van der Waals surface area contributed by atoms with Crippen molar-refractivity contribution in [3.63, 3.8) is 0 Å². The molecule has 2 heterocycles. The van der Waals surface area contributed by atoms with Gasteiger partial charge in [-0.2, -0.15) is 0 Å². The van der Waals surface area contributed by atoms with Gasteiger partial charge in [-0.1, -0.05) is 0 Å². The van der Waals surface area contributed by atoms with Gasteiger partial charge in [0, 0.05) is 44.5 Å². The summed E-state index contributed by atoms with van der Waals surface area (Å²) in [6.07, 6.45) is 0.555. The van der Waals surface area contributed by atoms with E-state index in [0.29, 0.717) is 13.0 Å². The van der Waals surface area contributed by atoms with Gasteiger partial charge in [-0.25, -0.2) is 8.42 Å². The molecular formula is C20H31N3O4S. The van der Waals surface area contributed by atoms with Gasteiger partial charge >= 0.3 is 0 Å². The van der Waals surface area contributed by atoms with Crippen LogP contribution in [0.5, 0.6) is 5.75 Å². The van der Waals surface area contributed by atoms with Crippen molar-refractivity contribution in [2.45, 2.75) is 32.4 Å². The first-order valence-corrected chi connectivity index (χ1v) is 11.8. The zero-order chi connectivity index (χ0) is 20.3. The minimum absolute atomic E-state index is 0.0440. The molecule has 1 aromatic rings. The van der Waals surface area contributed by atoms with E-state index in [4.69, 9.17) is 4.74 Å². The van der Waals surface area contributed by atoms with Crippen LogP contribution in [0.4, 0.5) is 5.69 Å². The highest BCUT2D eigenvalue weighted by molar-refractivity contribution is 7.91. The molecule has 3 rings (SSSR count). The number of hydrogen-bond acceptors (Lipinski definition) is 6. The van der Waals surface area contributed by atoms with Crippen LogP contribution in [-0.4, -0.2) is 87.5 Å². The number of piperazine rings is 1. The lowest BCUT2D eigenvalue weighted by atomic mass is 10.1. The van der Waals surface area contributed by atoms with Gasteiger partial charge in [-0.15, -0.1) is 0 Å². The van der Waals surface area contributed by atoms with Gasteiger partial charge in [0.15, 0.2) is 9.84 Å². The summed E-state index contributed by atoms with van der Waals surface area (Å²) in [5.41, 5.74) is 1.16. The van der Waals surface area contributed by atoms with Gasteiger partial charge in [0.05, 0.1) is 24.7 Å². The molecule has 1 amide bonds. The first-order valence-electron chi connectivity index (χ1n) is 9.98. The summed E-state index contributed by atoms with van der Waals surface area (Å²) in [7, 11) is -1.34. The summed E-state index contributed by atoms with van der Waals surface area (Å²) < 4.78 is 28.8.